The van der Waals surface area contributed by atoms with E-state index in [1.165, 1.54) is 11.9 Å². The molecule has 0 atom stereocenters. The first-order chi connectivity index (χ1) is 5.57. The first-order valence-corrected chi connectivity index (χ1v) is 3.83. The van der Waals surface area contributed by atoms with E-state index in [4.69, 9.17) is 0 Å². The van der Waals surface area contributed by atoms with Gasteiger partial charge in [0.25, 0.3) is 6.08 Å². The number of hydrogen-bond donors (Lipinski definition) is 0. The maximum absolute atomic E-state index is 11.6. The molecule has 0 aromatic heterocycles. The SMILES string of the molecule is CCCC(=O)N(C)CC=C(F)F. The highest BCUT2D eigenvalue weighted by Gasteiger charge is 2.05. The zero-order chi connectivity index (χ0) is 9.56. The van der Waals surface area contributed by atoms with Gasteiger partial charge in [-0.15, -0.1) is 0 Å². The summed E-state index contributed by atoms with van der Waals surface area (Å²) in [5, 5.41) is 0. The molecule has 4 heteroatoms. The maximum atomic E-state index is 11.6. The minimum atomic E-state index is -1.74. The van der Waals surface area contributed by atoms with Crippen LogP contribution in [0.3, 0.4) is 0 Å². The Bertz CT molecular complexity index is 176. The highest BCUT2D eigenvalue weighted by Crippen LogP contribution is 1.99. The van der Waals surface area contributed by atoms with Gasteiger partial charge < -0.3 is 4.90 Å². The average molecular weight is 177 g/mol. The van der Waals surface area contributed by atoms with Crippen molar-refractivity contribution in [3.05, 3.63) is 12.2 Å². The van der Waals surface area contributed by atoms with Crippen LogP contribution in [0.15, 0.2) is 12.2 Å². The van der Waals surface area contributed by atoms with E-state index in [9.17, 15) is 13.6 Å². The Morgan fingerprint density at radius 2 is 2.08 bits per heavy atom. The Balaban J connectivity index is 3.79. The van der Waals surface area contributed by atoms with E-state index in [0.717, 1.165) is 12.5 Å². The summed E-state index contributed by atoms with van der Waals surface area (Å²) in [6, 6.07) is 0. The second-order valence-electron chi connectivity index (χ2n) is 2.52. The maximum Gasteiger partial charge on any atom is 0.268 e. The normalized spacial score (nSPS) is 9.33. The van der Waals surface area contributed by atoms with Crippen molar-refractivity contribution in [2.75, 3.05) is 13.6 Å². The molecule has 0 bridgehead atoms. The number of carbonyl (C=O) groups is 1. The third-order valence-corrected chi connectivity index (χ3v) is 1.41. The third kappa shape index (κ3) is 4.82. The summed E-state index contributed by atoms with van der Waals surface area (Å²) < 4.78 is 23.1. The molecule has 0 N–H and O–H groups in total. The highest BCUT2D eigenvalue weighted by molar-refractivity contribution is 5.75. The lowest BCUT2D eigenvalue weighted by molar-refractivity contribution is -0.129. The zero-order valence-corrected chi connectivity index (χ0v) is 7.31. The molecular weight excluding hydrogens is 164 g/mol. The van der Waals surface area contributed by atoms with E-state index in [2.05, 4.69) is 0 Å². The Morgan fingerprint density at radius 3 is 2.50 bits per heavy atom. The Hall–Kier alpha value is -0.930. The molecule has 0 rings (SSSR count). The molecule has 0 saturated heterocycles. The molecule has 0 aromatic carbocycles. The van der Waals surface area contributed by atoms with Gasteiger partial charge in [-0.25, -0.2) is 0 Å². The number of hydrogen-bond acceptors (Lipinski definition) is 1. The molecular formula is C8H13F2NO. The van der Waals surface area contributed by atoms with Gasteiger partial charge in [0.05, 0.1) is 0 Å². The van der Waals surface area contributed by atoms with Crippen LogP contribution in [0.5, 0.6) is 0 Å². The Labute approximate surface area is 70.9 Å². The molecule has 70 valence electrons. The fourth-order valence-corrected chi connectivity index (χ4v) is 0.712. The van der Waals surface area contributed by atoms with Gasteiger partial charge in [0, 0.05) is 26.1 Å². The number of amides is 1. The highest BCUT2D eigenvalue weighted by atomic mass is 19.3. The molecule has 0 spiro atoms. The molecule has 12 heavy (non-hydrogen) atoms. The fraction of sp³-hybridized carbons (Fsp3) is 0.625. The number of rotatable bonds is 4. The van der Waals surface area contributed by atoms with E-state index in [1.54, 1.807) is 0 Å². The van der Waals surface area contributed by atoms with Crippen LogP contribution in [-0.2, 0) is 4.79 Å². The fourth-order valence-electron chi connectivity index (χ4n) is 0.712. The smallest absolute Gasteiger partial charge is 0.268 e. The van der Waals surface area contributed by atoms with E-state index in [0.29, 0.717) is 6.42 Å². The molecule has 0 aliphatic heterocycles. The molecule has 0 heterocycles. The van der Waals surface area contributed by atoms with E-state index in [1.807, 2.05) is 6.92 Å². The Morgan fingerprint density at radius 1 is 1.50 bits per heavy atom. The lowest BCUT2D eigenvalue weighted by atomic mass is 10.3. The quantitative estimate of drug-likeness (QED) is 0.643. The lowest BCUT2D eigenvalue weighted by Gasteiger charge is -2.13. The summed E-state index contributed by atoms with van der Waals surface area (Å²) in [6.07, 6.45) is 0.141. The van der Waals surface area contributed by atoms with Crippen molar-refractivity contribution < 1.29 is 13.6 Å². The van der Waals surface area contributed by atoms with Gasteiger partial charge in [0.2, 0.25) is 5.91 Å². The van der Waals surface area contributed by atoms with Crippen LogP contribution in [0.2, 0.25) is 0 Å². The monoisotopic (exact) mass is 177 g/mol. The lowest BCUT2D eigenvalue weighted by Crippen LogP contribution is -2.26. The number of nitrogens with zero attached hydrogens (tertiary/aromatic N) is 1. The zero-order valence-electron chi connectivity index (χ0n) is 7.31. The molecule has 1 amide bonds. The third-order valence-electron chi connectivity index (χ3n) is 1.41. The van der Waals surface area contributed by atoms with Crippen LogP contribution in [0, 0.1) is 0 Å². The number of likely N-dealkylation sites (N-methyl/N-ethyl adjacent to an activating group) is 1. The first kappa shape index (κ1) is 11.1. The van der Waals surface area contributed by atoms with Gasteiger partial charge in [-0.3, -0.25) is 4.79 Å². The van der Waals surface area contributed by atoms with E-state index < -0.39 is 6.08 Å². The number of carbonyl (C=O) groups excluding carboxylic acids is 1. The van der Waals surface area contributed by atoms with Gasteiger partial charge in [-0.05, 0) is 6.42 Å². The minimum absolute atomic E-state index is 0.0127. The predicted octanol–water partition coefficient (Wildman–Crippen LogP) is 2.03. The summed E-state index contributed by atoms with van der Waals surface area (Å²) in [5.41, 5.74) is 0. The minimum Gasteiger partial charge on any atom is -0.342 e. The summed E-state index contributed by atoms with van der Waals surface area (Å²) in [5.74, 6) is -0.102. The van der Waals surface area contributed by atoms with Crippen LogP contribution in [0.4, 0.5) is 8.78 Å². The van der Waals surface area contributed by atoms with Gasteiger partial charge in [0.15, 0.2) is 0 Å². The summed E-state index contributed by atoms with van der Waals surface area (Å²) >= 11 is 0. The molecule has 0 fully saturated rings. The van der Waals surface area contributed by atoms with Crippen LogP contribution >= 0.6 is 0 Å². The van der Waals surface area contributed by atoms with Gasteiger partial charge >= 0.3 is 0 Å². The van der Waals surface area contributed by atoms with Gasteiger partial charge in [-0.2, -0.15) is 8.78 Å². The van der Waals surface area contributed by atoms with E-state index in [-0.39, 0.29) is 12.5 Å². The molecule has 0 radical (unpaired) electrons. The second-order valence-corrected chi connectivity index (χ2v) is 2.52. The molecule has 0 unspecified atom stereocenters. The molecule has 0 saturated carbocycles. The topological polar surface area (TPSA) is 20.3 Å². The van der Waals surface area contributed by atoms with Crippen molar-refractivity contribution in [2.24, 2.45) is 0 Å². The van der Waals surface area contributed by atoms with E-state index >= 15 is 0 Å². The van der Waals surface area contributed by atoms with Crippen molar-refractivity contribution in [1.82, 2.24) is 4.90 Å². The summed E-state index contributed by atoms with van der Waals surface area (Å²) in [7, 11) is 1.51. The average Bonchev–Trinajstić information content (AvgIpc) is 2.00. The van der Waals surface area contributed by atoms with Crippen LogP contribution in [0.25, 0.3) is 0 Å². The van der Waals surface area contributed by atoms with Gasteiger partial charge in [0.1, 0.15) is 0 Å². The second kappa shape index (κ2) is 5.69. The van der Waals surface area contributed by atoms with Gasteiger partial charge in [-0.1, -0.05) is 6.92 Å². The van der Waals surface area contributed by atoms with Crippen molar-refractivity contribution >= 4 is 5.91 Å². The predicted molar refractivity (Wildman–Crippen MR) is 42.8 cm³/mol. The number of halogens is 2. The molecule has 0 aromatic rings. The standard InChI is InChI=1S/C8H13F2NO/c1-3-4-8(12)11(2)6-5-7(9)10/h5H,3-4,6H2,1-2H3. The van der Waals surface area contributed by atoms with Crippen LogP contribution < -0.4 is 0 Å². The van der Waals surface area contributed by atoms with Crippen molar-refractivity contribution in [2.45, 2.75) is 19.8 Å². The summed E-state index contributed by atoms with van der Waals surface area (Å²) in [6.45, 7) is 1.86. The molecule has 0 aliphatic carbocycles. The largest absolute Gasteiger partial charge is 0.342 e. The van der Waals surface area contributed by atoms with Crippen LogP contribution in [0.1, 0.15) is 19.8 Å². The first-order valence-electron chi connectivity index (χ1n) is 3.83. The Kier molecular flexibility index (Phi) is 5.25. The summed E-state index contributed by atoms with van der Waals surface area (Å²) in [4.78, 5) is 12.3. The molecule has 0 aliphatic rings. The van der Waals surface area contributed by atoms with Crippen molar-refractivity contribution in [1.29, 1.82) is 0 Å². The van der Waals surface area contributed by atoms with Crippen molar-refractivity contribution in [3.8, 4) is 0 Å². The van der Waals surface area contributed by atoms with Crippen LogP contribution in [-0.4, -0.2) is 24.4 Å². The van der Waals surface area contributed by atoms with Crippen molar-refractivity contribution in [3.63, 3.8) is 0 Å². The molecule has 2 nitrogen and oxygen atoms in total.